The summed E-state index contributed by atoms with van der Waals surface area (Å²) in [7, 11) is 0. The number of aryl methyl sites for hydroxylation is 1. The Labute approximate surface area is 173 Å². The molecule has 0 amide bonds. The molecule has 0 radical (unpaired) electrons. The first-order valence-corrected chi connectivity index (χ1v) is 10.2. The molecular weight excluding hydrogens is 348 g/mol. The summed E-state index contributed by atoms with van der Waals surface area (Å²) in [6.07, 6.45) is 5.66. The van der Waals surface area contributed by atoms with Crippen molar-refractivity contribution >= 4 is 6.08 Å². The molecule has 0 saturated heterocycles. The van der Waals surface area contributed by atoms with Crippen molar-refractivity contribution in [1.29, 1.82) is 0 Å². The summed E-state index contributed by atoms with van der Waals surface area (Å²) < 4.78 is 0. The average Bonchev–Trinajstić information content (AvgIpc) is 2.80. The fourth-order valence-corrected chi connectivity index (χ4v) is 4.47. The molecule has 0 heteroatoms. The van der Waals surface area contributed by atoms with Gasteiger partial charge in [-0.3, -0.25) is 0 Å². The topological polar surface area (TPSA) is 0 Å². The van der Waals surface area contributed by atoms with Gasteiger partial charge in [0.05, 0.1) is 0 Å². The van der Waals surface area contributed by atoms with Gasteiger partial charge in [-0.1, -0.05) is 121 Å². The Bertz CT molecular complexity index is 1110. The molecule has 0 N–H and O–H groups in total. The Balaban J connectivity index is 1.63. The fourth-order valence-electron chi connectivity index (χ4n) is 4.47. The SMILES string of the molecule is Cc1ccc(-c2ccc3c(c2)CC(c2ccccc2)(c2ccccc2)C=C3)cc1. The number of rotatable bonds is 3. The molecule has 0 bridgehead atoms. The second-order valence-electron chi connectivity index (χ2n) is 7.99. The van der Waals surface area contributed by atoms with Crippen LogP contribution in [0.5, 0.6) is 0 Å². The van der Waals surface area contributed by atoms with Crippen molar-refractivity contribution in [3.63, 3.8) is 0 Å². The summed E-state index contributed by atoms with van der Waals surface area (Å²) in [6.45, 7) is 2.13. The van der Waals surface area contributed by atoms with Crippen molar-refractivity contribution in [2.24, 2.45) is 0 Å². The summed E-state index contributed by atoms with van der Waals surface area (Å²) in [5.41, 5.74) is 9.12. The Morgan fingerprint density at radius 1 is 0.621 bits per heavy atom. The highest BCUT2D eigenvalue weighted by Gasteiger charge is 2.34. The van der Waals surface area contributed by atoms with E-state index in [0.29, 0.717) is 0 Å². The third-order valence-electron chi connectivity index (χ3n) is 6.12. The summed E-state index contributed by atoms with van der Waals surface area (Å²) >= 11 is 0. The third-order valence-corrected chi connectivity index (χ3v) is 6.12. The van der Waals surface area contributed by atoms with Gasteiger partial charge in [-0.2, -0.15) is 0 Å². The van der Waals surface area contributed by atoms with Gasteiger partial charge >= 0.3 is 0 Å². The minimum Gasteiger partial charge on any atom is -0.0687 e. The van der Waals surface area contributed by atoms with Crippen LogP contribution in [0.4, 0.5) is 0 Å². The predicted octanol–water partition coefficient (Wildman–Crippen LogP) is 7.22. The number of hydrogen-bond donors (Lipinski definition) is 0. The van der Waals surface area contributed by atoms with E-state index >= 15 is 0 Å². The molecule has 0 aliphatic heterocycles. The van der Waals surface area contributed by atoms with Crippen molar-refractivity contribution in [2.45, 2.75) is 18.8 Å². The maximum atomic E-state index is 2.39. The van der Waals surface area contributed by atoms with E-state index in [1.165, 1.54) is 38.9 Å². The first kappa shape index (κ1) is 17.7. The Morgan fingerprint density at radius 2 is 1.21 bits per heavy atom. The van der Waals surface area contributed by atoms with E-state index in [2.05, 4.69) is 122 Å². The maximum Gasteiger partial charge on any atom is 0.0425 e. The maximum absolute atomic E-state index is 2.39. The van der Waals surface area contributed by atoms with Crippen LogP contribution in [0, 0.1) is 6.92 Å². The van der Waals surface area contributed by atoms with E-state index < -0.39 is 0 Å². The lowest BCUT2D eigenvalue weighted by Crippen LogP contribution is -2.30. The van der Waals surface area contributed by atoms with E-state index in [4.69, 9.17) is 0 Å². The van der Waals surface area contributed by atoms with Gasteiger partial charge in [0.15, 0.2) is 0 Å². The van der Waals surface area contributed by atoms with Crippen molar-refractivity contribution < 1.29 is 0 Å². The largest absolute Gasteiger partial charge is 0.0687 e. The molecule has 0 spiro atoms. The van der Waals surface area contributed by atoms with E-state index in [1.54, 1.807) is 0 Å². The Morgan fingerprint density at radius 3 is 1.83 bits per heavy atom. The number of hydrogen-bond acceptors (Lipinski definition) is 0. The van der Waals surface area contributed by atoms with Gasteiger partial charge in [-0.25, -0.2) is 0 Å². The second kappa shape index (κ2) is 7.22. The minimum absolute atomic E-state index is 0.137. The van der Waals surface area contributed by atoms with Crippen molar-refractivity contribution in [1.82, 2.24) is 0 Å². The van der Waals surface area contributed by atoms with Gasteiger partial charge in [0, 0.05) is 5.41 Å². The molecule has 140 valence electrons. The van der Waals surface area contributed by atoms with Crippen molar-refractivity contribution in [3.05, 3.63) is 137 Å². The molecule has 29 heavy (non-hydrogen) atoms. The van der Waals surface area contributed by atoms with E-state index in [1.807, 2.05) is 0 Å². The van der Waals surface area contributed by atoms with Crippen LogP contribution in [0.2, 0.25) is 0 Å². The minimum atomic E-state index is -0.137. The molecule has 0 fully saturated rings. The molecule has 0 heterocycles. The molecule has 1 aliphatic rings. The van der Waals surface area contributed by atoms with Gasteiger partial charge in [0.1, 0.15) is 0 Å². The normalized spacial score (nSPS) is 14.4. The van der Waals surface area contributed by atoms with Crippen LogP contribution in [0.15, 0.2) is 109 Å². The number of allylic oxidation sites excluding steroid dienone is 1. The number of fused-ring (bicyclic) bond motifs is 1. The van der Waals surface area contributed by atoms with Crippen LogP contribution < -0.4 is 0 Å². The van der Waals surface area contributed by atoms with Crippen LogP contribution in [0.3, 0.4) is 0 Å². The predicted molar refractivity (Wildman–Crippen MR) is 123 cm³/mol. The second-order valence-corrected chi connectivity index (χ2v) is 7.99. The Hall–Kier alpha value is -3.38. The first-order valence-electron chi connectivity index (χ1n) is 10.2. The molecule has 4 aromatic carbocycles. The average molecular weight is 373 g/mol. The Kier molecular flexibility index (Phi) is 4.41. The molecule has 0 saturated carbocycles. The third kappa shape index (κ3) is 3.21. The van der Waals surface area contributed by atoms with Crippen molar-refractivity contribution in [3.8, 4) is 11.1 Å². The van der Waals surface area contributed by atoms with E-state index in [-0.39, 0.29) is 5.41 Å². The van der Waals surface area contributed by atoms with Gasteiger partial charge in [-0.05, 0) is 46.7 Å². The van der Waals surface area contributed by atoms with Crippen molar-refractivity contribution in [2.75, 3.05) is 0 Å². The zero-order valence-electron chi connectivity index (χ0n) is 16.7. The monoisotopic (exact) mass is 372 g/mol. The van der Waals surface area contributed by atoms with Gasteiger partial charge in [-0.15, -0.1) is 0 Å². The molecule has 5 rings (SSSR count). The highest BCUT2D eigenvalue weighted by molar-refractivity contribution is 5.71. The van der Waals surface area contributed by atoms with Crippen LogP contribution in [-0.2, 0) is 11.8 Å². The summed E-state index contributed by atoms with van der Waals surface area (Å²) in [5, 5.41) is 0. The summed E-state index contributed by atoms with van der Waals surface area (Å²) in [5.74, 6) is 0. The first-order chi connectivity index (χ1) is 14.2. The zero-order valence-corrected chi connectivity index (χ0v) is 16.7. The van der Waals surface area contributed by atoms with E-state index in [9.17, 15) is 0 Å². The molecular formula is C29H24. The van der Waals surface area contributed by atoms with E-state index in [0.717, 1.165) is 6.42 Å². The highest BCUT2D eigenvalue weighted by Crippen LogP contribution is 2.42. The molecule has 0 unspecified atom stereocenters. The lowest BCUT2D eigenvalue weighted by atomic mass is 9.67. The fraction of sp³-hybridized carbons (Fsp3) is 0.103. The lowest BCUT2D eigenvalue weighted by molar-refractivity contribution is 0.633. The quantitative estimate of drug-likeness (QED) is 0.356. The molecule has 0 aromatic heterocycles. The number of benzene rings is 4. The van der Waals surface area contributed by atoms with Gasteiger partial charge < -0.3 is 0 Å². The van der Waals surface area contributed by atoms with Crippen LogP contribution in [0.25, 0.3) is 17.2 Å². The van der Waals surface area contributed by atoms with Crippen LogP contribution in [0.1, 0.15) is 27.8 Å². The molecule has 1 aliphatic carbocycles. The smallest absolute Gasteiger partial charge is 0.0425 e. The highest BCUT2D eigenvalue weighted by atomic mass is 14.4. The summed E-state index contributed by atoms with van der Waals surface area (Å²) in [4.78, 5) is 0. The summed E-state index contributed by atoms with van der Waals surface area (Å²) in [6, 6.07) is 37.5. The molecule has 0 nitrogen and oxygen atoms in total. The van der Waals surface area contributed by atoms with Gasteiger partial charge in [0.25, 0.3) is 0 Å². The molecule has 4 aromatic rings. The van der Waals surface area contributed by atoms with Crippen LogP contribution >= 0.6 is 0 Å². The van der Waals surface area contributed by atoms with Crippen LogP contribution in [-0.4, -0.2) is 0 Å². The lowest BCUT2D eigenvalue weighted by Gasteiger charge is -2.36. The standard InChI is InChI=1S/C29H24/c1-22-12-14-23(15-13-22)25-17-16-24-18-19-29(21-26(24)20-25,27-8-4-2-5-9-27)28-10-6-3-7-11-28/h2-20H,21H2,1H3. The zero-order chi connectivity index (χ0) is 19.7. The molecule has 0 atom stereocenters. The van der Waals surface area contributed by atoms with Gasteiger partial charge in [0.2, 0.25) is 0 Å².